The fourth-order valence-corrected chi connectivity index (χ4v) is 4.04. The number of nitrogens with zero attached hydrogens (tertiary/aromatic N) is 7. The molecule has 0 aliphatic carbocycles. The van der Waals surface area contributed by atoms with Crippen LogP contribution in [0.1, 0.15) is 18.1 Å². The molecule has 1 aliphatic rings. The fraction of sp³-hybridized carbons (Fsp3) is 0.107. The number of dihydropyridines is 1. The van der Waals surface area contributed by atoms with E-state index in [4.69, 9.17) is 6.42 Å². The second-order valence-corrected chi connectivity index (χ2v) is 8.03. The molecule has 0 radical (unpaired) electrons. The van der Waals surface area contributed by atoms with E-state index in [2.05, 4.69) is 31.2 Å². The lowest BCUT2D eigenvalue weighted by Crippen LogP contribution is -2.15. The van der Waals surface area contributed by atoms with E-state index in [0.717, 1.165) is 34.4 Å². The number of aromatic nitrogens is 5. The number of hydrogen-bond acceptors (Lipinski definition) is 4. The fourth-order valence-electron chi connectivity index (χ4n) is 4.04. The van der Waals surface area contributed by atoms with E-state index in [1.165, 1.54) is 6.07 Å². The number of rotatable bonds is 6. The predicted octanol–water partition coefficient (Wildman–Crippen LogP) is 4.80. The van der Waals surface area contributed by atoms with Crippen molar-refractivity contribution in [2.45, 2.75) is 20.0 Å². The number of pyridine rings is 1. The minimum atomic E-state index is -0.370. The van der Waals surface area contributed by atoms with Crippen molar-refractivity contribution >= 4 is 17.1 Å². The Kier molecular flexibility index (Phi) is 6.45. The molecule has 1 aromatic carbocycles. The monoisotopic (exact) mass is 475 g/mol. The van der Waals surface area contributed by atoms with E-state index in [0.29, 0.717) is 23.7 Å². The van der Waals surface area contributed by atoms with Crippen LogP contribution in [0.2, 0.25) is 0 Å². The Hall–Kier alpha value is -4.90. The van der Waals surface area contributed by atoms with E-state index in [1.54, 1.807) is 36.8 Å². The van der Waals surface area contributed by atoms with Gasteiger partial charge in [-0.15, -0.1) is 0 Å². The zero-order valence-electron chi connectivity index (χ0n) is 19.6. The van der Waals surface area contributed by atoms with Crippen molar-refractivity contribution in [2.24, 2.45) is 9.98 Å². The van der Waals surface area contributed by atoms with Crippen LogP contribution in [-0.2, 0) is 13.1 Å². The molecule has 176 valence electrons. The quantitative estimate of drug-likeness (QED) is 0.376. The average Bonchev–Trinajstić information content (AvgIpc) is 3.60. The highest BCUT2D eigenvalue weighted by molar-refractivity contribution is 6.28. The maximum Gasteiger partial charge on any atom is 0.170 e. The first-order valence-electron chi connectivity index (χ1n) is 11.4. The van der Waals surface area contributed by atoms with Gasteiger partial charge in [-0.05, 0) is 42.8 Å². The summed E-state index contributed by atoms with van der Waals surface area (Å²) in [6.45, 7) is 3.30. The first-order valence-corrected chi connectivity index (χ1v) is 11.4. The minimum Gasteiger partial charge on any atom is -0.271 e. The van der Waals surface area contributed by atoms with Gasteiger partial charge < -0.3 is 0 Å². The molecule has 0 spiro atoms. The third-order valence-electron chi connectivity index (χ3n) is 5.78. The van der Waals surface area contributed by atoms with Crippen molar-refractivity contribution in [3.05, 3.63) is 108 Å². The molecule has 0 saturated heterocycles. The number of allylic oxidation sites excluding steroid dienone is 2. The summed E-state index contributed by atoms with van der Waals surface area (Å²) in [6, 6.07) is 12.7. The minimum absolute atomic E-state index is 0.354. The van der Waals surface area contributed by atoms with Gasteiger partial charge in [0.15, 0.2) is 5.84 Å². The molecule has 0 amide bonds. The van der Waals surface area contributed by atoms with Crippen LogP contribution in [0.15, 0.2) is 101 Å². The molecule has 5 rings (SSSR count). The van der Waals surface area contributed by atoms with Gasteiger partial charge in [0.1, 0.15) is 5.82 Å². The average molecular weight is 476 g/mol. The molecule has 8 heteroatoms. The van der Waals surface area contributed by atoms with Gasteiger partial charge in [0.25, 0.3) is 0 Å². The number of aliphatic imine (C=N–C) groups is 2. The summed E-state index contributed by atoms with van der Waals surface area (Å²) in [5.74, 6) is -0.0159. The van der Waals surface area contributed by atoms with Gasteiger partial charge in [0.05, 0.1) is 25.0 Å². The Labute approximate surface area is 208 Å². The summed E-state index contributed by atoms with van der Waals surface area (Å²) < 4.78 is 18.3. The predicted molar refractivity (Wildman–Crippen MR) is 139 cm³/mol. The van der Waals surface area contributed by atoms with Crippen LogP contribution in [0.25, 0.3) is 16.7 Å². The van der Waals surface area contributed by atoms with Crippen molar-refractivity contribution in [1.29, 1.82) is 0 Å². The van der Waals surface area contributed by atoms with Gasteiger partial charge in [-0.25, -0.2) is 9.38 Å². The smallest absolute Gasteiger partial charge is 0.170 e. The van der Waals surface area contributed by atoms with Crippen LogP contribution in [0.3, 0.4) is 0 Å². The van der Waals surface area contributed by atoms with E-state index in [9.17, 15) is 4.39 Å². The van der Waals surface area contributed by atoms with Crippen LogP contribution >= 0.6 is 0 Å². The molecule has 4 aromatic rings. The highest BCUT2D eigenvalue weighted by Gasteiger charge is 2.22. The van der Waals surface area contributed by atoms with Gasteiger partial charge in [-0.1, -0.05) is 24.6 Å². The summed E-state index contributed by atoms with van der Waals surface area (Å²) in [7, 11) is 0. The number of halogens is 1. The molecule has 7 nitrogen and oxygen atoms in total. The Morgan fingerprint density at radius 2 is 1.86 bits per heavy atom. The first kappa shape index (κ1) is 22.9. The number of terminal acetylenes is 1. The molecular weight excluding hydrogens is 453 g/mol. The molecular formula is C28H22FN7. The Morgan fingerprint density at radius 1 is 1.03 bits per heavy atom. The molecule has 0 unspecified atom stereocenters. The Morgan fingerprint density at radius 3 is 2.64 bits per heavy atom. The highest BCUT2D eigenvalue weighted by atomic mass is 19.1. The summed E-state index contributed by atoms with van der Waals surface area (Å²) in [6.07, 6.45) is 20.2. The molecule has 4 heterocycles. The zero-order valence-corrected chi connectivity index (χ0v) is 19.6. The third-order valence-corrected chi connectivity index (χ3v) is 5.78. The zero-order chi connectivity index (χ0) is 24.9. The van der Waals surface area contributed by atoms with Crippen LogP contribution in [0, 0.1) is 18.3 Å². The molecule has 3 aromatic heterocycles. The second kappa shape index (κ2) is 10.2. The third kappa shape index (κ3) is 4.68. The summed E-state index contributed by atoms with van der Waals surface area (Å²) >= 11 is 0. The normalized spacial score (nSPS) is 15.6. The molecule has 0 atom stereocenters. The topological polar surface area (TPSA) is 73.2 Å². The van der Waals surface area contributed by atoms with Gasteiger partial charge in [-0.2, -0.15) is 15.2 Å². The van der Waals surface area contributed by atoms with Crippen molar-refractivity contribution in [3.63, 3.8) is 0 Å². The maximum absolute atomic E-state index is 14.6. The summed E-state index contributed by atoms with van der Waals surface area (Å²) in [4.78, 5) is 13.2. The van der Waals surface area contributed by atoms with Gasteiger partial charge in [0.2, 0.25) is 0 Å². The van der Waals surface area contributed by atoms with Crippen molar-refractivity contribution < 1.29 is 4.39 Å². The number of hydrogen-bond donors (Lipinski definition) is 0. The van der Waals surface area contributed by atoms with Crippen molar-refractivity contribution in [1.82, 2.24) is 24.5 Å². The molecule has 36 heavy (non-hydrogen) atoms. The standard InChI is InChI=1S/C28H22FN7/c1-3-23-25(15-27(34-28(23)31-4-2)24-8-5-6-9-26(24)29)21-14-20(16-30-17-21)22-18-33-36(19-22)13-12-35-11-7-10-32-35/h2-3,5-11,14-19H,12-13H2,1H3/b23-3-,31-28?. The largest absolute Gasteiger partial charge is 0.271 e. The van der Waals surface area contributed by atoms with E-state index in [-0.39, 0.29) is 5.82 Å². The second-order valence-electron chi connectivity index (χ2n) is 8.03. The van der Waals surface area contributed by atoms with Crippen LogP contribution in [-0.4, -0.2) is 36.1 Å². The summed E-state index contributed by atoms with van der Waals surface area (Å²) in [5, 5.41) is 8.71. The molecule has 0 bridgehead atoms. The van der Waals surface area contributed by atoms with Gasteiger partial charge in [-0.3, -0.25) is 14.3 Å². The lowest BCUT2D eigenvalue weighted by molar-refractivity contribution is 0.500. The van der Waals surface area contributed by atoms with E-state index in [1.807, 2.05) is 59.2 Å². The Bertz CT molecular complexity index is 1560. The molecule has 1 aliphatic heterocycles. The van der Waals surface area contributed by atoms with Crippen molar-refractivity contribution in [2.75, 3.05) is 0 Å². The SMILES string of the molecule is C#CN=C1N=C(c2ccccc2F)C=C(c2cncc(-c3cnn(CCn4cccn4)c3)c2)/C1=C/C. The molecule has 0 N–H and O–H groups in total. The van der Waals surface area contributed by atoms with Gasteiger partial charge >= 0.3 is 0 Å². The van der Waals surface area contributed by atoms with Gasteiger partial charge in [0, 0.05) is 64.9 Å². The maximum atomic E-state index is 14.6. The lowest BCUT2D eigenvalue weighted by atomic mass is 9.91. The number of benzene rings is 1. The molecule has 0 fully saturated rings. The van der Waals surface area contributed by atoms with Crippen LogP contribution in [0.4, 0.5) is 4.39 Å². The first-order chi connectivity index (χ1) is 17.7. The van der Waals surface area contributed by atoms with Crippen molar-refractivity contribution in [3.8, 4) is 23.6 Å². The lowest BCUT2D eigenvalue weighted by Gasteiger charge is -2.18. The number of amidine groups is 1. The Balaban J connectivity index is 1.50. The van der Waals surface area contributed by atoms with Crippen LogP contribution in [0.5, 0.6) is 0 Å². The van der Waals surface area contributed by atoms with Crippen LogP contribution < -0.4 is 0 Å². The van der Waals surface area contributed by atoms with E-state index < -0.39 is 0 Å². The summed E-state index contributed by atoms with van der Waals surface area (Å²) in [5.41, 5.74) is 5.04. The number of aryl methyl sites for hydroxylation is 2. The van der Waals surface area contributed by atoms with E-state index >= 15 is 0 Å². The highest BCUT2D eigenvalue weighted by Crippen LogP contribution is 2.31. The molecule has 0 saturated carbocycles.